The van der Waals surface area contributed by atoms with Crippen LogP contribution in [0.25, 0.3) is 0 Å². The molecule has 1 N–H and O–H groups in total. The van der Waals surface area contributed by atoms with Crippen molar-refractivity contribution in [3.05, 3.63) is 22.4 Å². The Morgan fingerprint density at radius 3 is 3.19 bits per heavy atom. The molecule has 2 rings (SSSR count). The van der Waals surface area contributed by atoms with Crippen LogP contribution < -0.4 is 5.32 Å². The van der Waals surface area contributed by atoms with Gasteiger partial charge in [0.25, 0.3) is 0 Å². The Morgan fingerprint density at radius 1 is 1.50 bits per heavy atom. The van der Waals surface area contributed by atoms with E-state index in [1.54, 1.807) is 11.3 Å². The van der Waals surface area contributed by atoms with Crippen molar-refractivity contribution < 1.29 is 0 Å². The molecule has 0 amide bonds. The number of nitrogens with zero attached hydrogens (tertiary/aromatic N) is 1. The van der Waals surface area contributed by atoms with Gasteiger partial charge in [-0.3, -0.25) is 4.90 Å². The van der Waals surface area contributed by atoms with Crippen LogP contribution in [-0.4, -0.2) is 30.6 Å². The first-order valence-electron chi connectivity index (χ1n) is 6.36. The zero-order valence-electron chi connectivity index (χ0n) is 10.1. The summed E-state index contributed by atoms with van der Waals surface area (Å²) in [6.07, 6.45) is 4.15. The molecule has 0 aromatic carbocycles. The fourth-order valence-corrected chi connectivity index (χ4v) is 3.15. The van der Waals surface area contributed by atoms with Crippen LogP contribution in [0.2, 0.25) is 0 Å². The predicted octanol–water partition coefficient (Wildman–Crippen LogP) is 2.71. The largest absolute Gasteiger partial charge is 0.311 e. The van der Waals surface area contributed by atoms with Crippen molar-refractivity contribution in [3.8, 4) is 0 Å². The standard InChI is InChI=1S/C13H22N2S/c1-2-15-7-4-3-5-13(15)10-14-9-12-6-8-16-11-12/h6,8,11,13-14H,2-5,7,9-10H2,1H3. The van der Waals surface area contributed by atoms with E-state index in [1.807, 2.05) is 0 Å². The molecule has 3 heteroatoms. The highest BCUT2D eigenvalue weighted by atomic mass is 32.1. The van der Waals surface area contributed by atoms with Gasteiger partial charge in [0.2, 0.25) is 0 Å². The van der Waals surface area contributed by atoms with Crippen molar-refractivity contribution in [2.45, 2.75) is 38.8 Å². The van der Waals surface area contributed by atoms with E-state index in [9.17, 15) is 0 Å². The molecule has 2 nitrogen and oxygen atoms in total. The van der Waals surface area contributed by atoms with Crippen LogP contribution in [0.5, 0.6) is 0 Å². The Hall–Kier alpha value is -0.380. The fraction of sp³-hybridized carbons (Fsp3) is 0.692. The maximum atomic E-state index is 3.59. The molecule has 0 aliphatic carbocycles. The zero-order chi connectivity index (χ0) is 11.2. The number of hydrogen-bond acceptors (Lipinski definition) is 3. The number of likely N-dealkylation sites (N-methyl/N-ethyl adjacent to an activating group) is 1. The molecule has 16 heavy (non-hydrogen) atoms. The monoisotopic (exact) mass is 238 g/mol. The molecule has 1 fully saturated rings. The molecule has 0 saturated carbocycles. The minimum atomic E-state index is 0.761. The summed E-state index contributed by atoms with van der Waals surface area (Å²) in [5.41, 5.74) is 1.42. The SMILES string of the molecule is CCN1CCCCC1CNCc1ccsc1. The minimum absolute atomic E-state index is 0.761. The van der Waals surface area contributed by atoms with Gasteiger partial charge in [0.15, 0.2) is 0 Å². The van der Waals surface area contributed by atoms with E-state index in [0.717, 1.165) is 19.1 Å². The number of nitrogens with one attached hydrogen (secondary N) is 1. The second kappa shape index (κ2) is 6.38. The van der Waals surface area contributed by atoms with Gasteiger partial charge in [-0.05, 0) is 48.3 Å². The number of likely N-dealkylation sites (tertiary alicyclic amines) is 1. The van der Waals surface area contributed by atoms with Crippen LogP contribution in [0.3, 0.4) is 0 Å². The van der Waals surface area contributed by atoms with Crippen LogP contribution in [0.15, 0.2) is 16.8 Å². The predicted molar refractivity (Wildman–Crippen MR) is 70.9 cm³/mol. The van der Waals surface area contributed by atoms with E-state index < -0.39 is 0 Å². The molecule has 2 heterocycles. The molecule has 1 aromatic heterocycles. The summed E-state index contributed by atoms with van der Waals surface area (Å²) in [4.78, 5) is 2.62. The van der Waals surface area contributed by atoms with Gasteiger partial charge in [-0.2, -0.15) is 11.3 Å². The van der Waals surface area contributed by atoms with Gasteiger partial charge in [0.1, 0.15) is 0 Å². The van der Waals surface area contributed by atoms with Gasteiger partial charge in [-0.25, -0.2) is 0 Å². The smallest absolute Gasteiger partial charge is 0.0220 e. The molecular weight excluding hydrogens is 216 g/mol. The molecule has 1 saturated heterocycles. The van der Waals surface area contributed by atoms with Gasteiger partial charge >= 0.3 is 0 Å². The minimum Gasteiger partial charge on any atom is -0.311 e. The Balaban J connectivity index is 1.71. The summed E-state index contributed by atoms with van der Waals surface area (Å²) in [6, 6.07) is 2.97. The first-order valence-corrected chi connectivity index (χ1v) is 7.30. The fourth-order valence-electron chi connectivity index (χ4n) is 2.48. The first-order chi connectivity index (χ1) is 7.90. The van der Waals surface area contributed by atoms with Crippen LogP contribution in [-0.2, 0) is 6.54 Å². The van der Waals surface area contributed by atoms with Crippen molar-refractivity contribution in [2.75, 3.05) is 19.6 Å². The molecule has 90 valence electrons. The van der Waals surface area contributed by atoms with E-state index in [4.69, 9.17) is 0 Å². The Morgan fingerprint density at radius 2 is 2.44 bits per heavy atom. The highest BCUT2D eigenvalue weighted by Gasteiger charge is 2.19. The van der Waals surface area contributed by atoms with Gasteiger partial charge in [-0.15, -0.1) is 0 Å². The lowest BCUT2D eigenvalue weighted by atomic mass is 10.0. The Bertz CT molecular complexity index is 284. The van der Waals surface area contributed by atoms with E-state index in [-0.39, 0.29) is 0 Å². The van der Waals surface area contributed by atoms with Crippen molar-refractivity contribution >= 4 is 11.3 Å². The van der Waals surface area contributed by atoms with E-state index in [2.05, 4.69) is 34.0 Å². The summed E-state index contributed by atoms with van der Waals surface area (Å²) in [7, 11) is 0. The van der Waals surface area contributed by atoms with Crippen LogP contribution in [0.1, 0.15) is 31.7 Å². The molecule has 1 aliphatic heterocycles. The lowest BCUT2D eigenvalue weighted by Gasteiger charge is -2.35. The lowest BCUT2D eigenvalue weighted by molar-refractivity contribution is 0.153. The van der Waals surface area contributed by atoms with E-state index in [0.29, 0.717) is 0 Å². The molecule has 1 aliphatic rings. The maximum absolute atomic E-state index is 3.59. The number of hydrogen-bond donors (Lipinski definition) is 1. The quantitative estimate of drug-likeness (QED) is 0.848. The van der Waals surface area contributed by atoms with Gasteiger partial charge < -0.3 is 5.32 Å². The highest BCUT2D eigenvalue weighted by molar-refractivity contribution is 7.07. The maximum Gasteiger partial charge on any atom is 0.0220 e. The number of piperidine rings is 1. The molecule has 0 bridgehead atoms. The molecule has 1 unspecified atom stereocenters. The number of thiophene rings is 1. The third-order valence-electron chi connectivity index (χ3n) is 3.44. The van der Waals surface area contributed by atoms with E-state index >= 15 is 0 Å². The van der Waals surface area contributed by atoms with Crippen molar-refractivity contribution in [1.82, 2.24) is 10.2 Å². The second-order valence-electron chi connectivity index (χ2n) is 4.54. The third-order valence-corrected chi connectivity index (χ3v) is 4.18. The van der Waals surface area contributed by atoms with Gasteiger partial charge in [0, 0.05) is 19.1 Å². The molecule has 0 radical (unpaired) electrons. The average molecular weight is 238 g/mol. The Kier molecular flexibility index (Phi) is 4.82. The van der Waals surface area contributed by atoms with Crippen molar-refractivity contribution in [2.24, 2.45) is 0 Å². The first kappa shape index (κ1) is 12.1. The van der Waals surface area contributed by atoms with Gasteiger partial charge in [0.05, 0.1) is 0 Å². The Labute approximate surface area is 103 Å². The summed E-state index contributed by atoms with van der Waals surface area (Å²) in [5, 5.41) is 7.96. The summed E-state index contributed by atoms with van der Waals surface area (Å²) < 4.78 is 0. The average Bonchev–Trinajstić information content (AvgIpc) is 2.83. The molecular formula is C13H22N2S. The van der Waals surface area contributed by atoms with Crippen LogP contribution in [0.4, 0.5) is 0 Å². The van der Waals surface area contributed by atoms with Crippen molar-refractivity contribution in [3.63, 3.8) is 0 Å². The van der Waals surface area contributed by atoms with Crippen molar-refractivity contribution in [1.29, 1.82) is 0 Å². The third kappa shape index (κ3) is 3.30. The normalized spacial score (nSPS) is 22.4. The van der Waals surface area contributed by atoms with Crippen LogP contribution in [0, 0.1) is 0 Å². The topological polar surface area (TPSA) is 15.3 Å². The highest BCUT2D eigenvalue weighted by Crippen LogP contribution is 2.16. The van der Waals surface area contributed by atoms with Crippen LogP contribution >= 0.6 is 11.3 Å². The number of rotatable bonds is 5. The molecule has 1 aromatic rings. The molecule has 0 spiro atoms. The molecule has 1 atom stereocenters. The van der Waals surface area contributed by atoms with E-state index in [1.165, 1.54) is 37.9 Å². The lowest BCUT2D eigenvalue weighted by Crippen LogP contribution is -2.45. The second-order valence-corrected chi connectivity index (χ2v) is 5.32. The summed E-state index contributed by atoms with van der Waals surface area (Å²) in [5.74, 6) is 0. The zero-order valence-corrected chi connectivity index (χ0v) is 10.9. The summed E-state index contributed by atoms with van der Waals surface area (Å²) >= 11 is 1.78. The van der Waals surface area contributed by atoms with Gasteiger partial charge in [-0.1, -0.05) is 13.3 Å². The summed E-state index contributed by atoms with van der Waals surface area (Å²) in [6.45, 7) is 6.94.